The Balaban J connectivity index is 1.77. The lowest BCUT2D eigenvalue weighted by Gasteiger charge is -2.22. The van der Waals surface area contributed by atoms with Crippen LogP contribution in [0.25, 0.3) is 0 Å². The summed E-state index contributed by atoms with van der Waals surface area (Å²) >= 11 is 3.20. The number of anilines is 1. The van der Waals surface area contributed by atoms with Gasteiger partial charge in [-0.05, 0) is 59.1 Å². The summed E-state index contributed by atoms with van der Waals surface area (Å²) < 4.78 is 19.2. The van der Waals surface area contributed by atoms with Gasteiger partial charge in [-0.25, -0.2) is 4.39 Å². The summed E-state index contributed by atoms with van der Waals surface area (Å²) in [5.74, 6) is -0.303. The second-order valence-corrected chi connectivity index (χ2v) is 6.50. The van der Waals surface area contributed by atoms with Gasteiger partial charge in [0.1, 0.15) is 11.6 Å². The number of nitro groups is 1. The minimum atomic E-state index is -0.789. The molecular formula is C17H14BrFN2O4. The zero-order valence-electron chi connectivity index (χ0n) is 13.2. The number of ether oxygens (including phenoxy) is 1. The molecule has 1 atom stereocenters. The zero-order valence-corrected chi connectivity index (χ0v) is 14.8. The predicted octanol–water partition coefficient (Wildman–Crippen LogP) is 3.85. The standard InChI is InChI=1S/C17H14BrFN2O4/c1-10(25-16-5-2-12(19)9-14(16)18)17(22)20-7-6-11-8-13(21(23)24)3-4-15(11)20/h2-5,8-10H,6-7H2,1H3. The minimum Gasteiger partial charge on any atom is -0.480 e. The monoisotopic (exact) mass is 408 g/mol. The van der Waals surface area contributed by atoms with E-state index in [4.69, 9.17) is 4.74 Å². The van der Waals surface area contributed by atoms with Crippen LogP contribution in [0.5, 0.6) is 5.75 Å². The highest BCUT2D eigenvalue weighted by Crippen LogP contribution is 2.32. The number of non-ortho nitro benzene ring substituents is 1. The molecule has 25 heavy (non-hydrogen) atoms. The molecular weight excluding hydrogens is 395 g/mol. The van der Waals surface area contributed by atoms with Gasteiger partial charge in [-0.1, -0.05) is 0 Å². The van der Waals surface area contributed by atoms with E-state index in [0.29, 0.717) is 28.9 Å². The van der Waals surface area contributed by atoms with Crippen LogP contribution in [-0.2, 0) is 11.2 Å². The number of nitrogens with zero attached hydrogens (tertiary/aromatic N) is 2. The maximum atomic E-state index is 13.1. The van der Waals surface area contributed by atoms with Crippen LogP contribution in [0.1, 0.15) is 12.5 Å². The molecule has 6 nitrogen and oxygen atoms in total. The molecule has 0 radical (unpaired) electrons. The van der Waals surface area contributed by atoms with Crippen molar-refractivity contribution in [2.75, 3.05) is 11.4 Å². The van der Waals surface area contributed by atoms with Crippen molar-refractivity contribution in [1.82, 2.24) is 0 Å². The molecule has 0 fully saturated rings. The van der Waals surface area contributed by atoms with E-state index < -0.39 is 16.8 Å². The first-order valence-corrected chi connectivity index (χ1v) is 8.36. The zero-order chi connectivity index (χ0) is 18.1. The topological polar surface area (TPSA) is 72.7 Å². The fraction of sp³-hybridized carbons (Fsp3) is 0.235. The number of carbonyl (C=O) groups excluding carboxylic acids is 1. The molecule has 0 aliphatic carbocycles. The number of carbonyl (C=O) groups is 1. The lowest BCUT2D eigenvalue weighted by atomic mass is 10.1. The summed E-state index contributed by atoms with van der Waals surface area (Å²) in [6.07, 6.45) is -0.238. The second kappa shape index (κ2) is 6.79. The van der Waals surface area contributed by atoms with Gasteiger partial charge in [0.25, 0.3) is 11.6 Å². The molecule has 1 unspecified atom stereocenters. The molecule has 0 bridgehead atoms. The van der Waals surface area contributed by atoms with Crippen LogP contribution in [0.2, 0.25) is 0 Å². The first-order chi connectivity index (χ1) is 11.9. The van der Waals surface area contributed by atoms with E-state index in [1.807, 2.05) is 0 Å². The lowest BCUT2D eigenvalue weighted by Crippen LogP contribution is -2.39. The molecule has 1 heterocycles. The van der Waals surface area contributed by atoms with E-state index in [1.165, 1.54) is 30.3 Å². The van der Waals surface area contributed by atoms with Crippen molar-refractivity contribution in [3.8, 4) is 5.75 Å². The fourth-order valence-corrected chi connectivity index (χ4v) is 3.21. The Morgan fingerprint density at radius 2 is 2.12 bits per heavy atom. The van der Waals surface area contributed by atoms with Crippen molar-refractivity contribution in [1.29, 1.82) is 0 Å². The Morgan fingerprint density at radius 1 is 1.36 bits per heavy atom. The normalized spacial score (nSPS) is 14.1. The molecule has 2 aromatic carbocycles. The summed E-state index contributed by atoms with van der Waals surface area (Å²) in [4.78, 5) is 24.6. The number of halogens is 2. The second-order valence-electron chi connectivity index (χ2n) is 5.64. The van der Waals surface area contributed by atoms with Gasteiger partial charge in [0.2, 0.25) is 0 Å². The summed E-state index contributed by atoms with van der Waals surface area (Å²) in [5, 5.41) is 10.9. The molecule has 0 saturated carbocycles. The Bertz CT molecular complexity index is 859. The van der Waals surface area contributed by atoms with Crippen LogP contribution >= 0.6 is 15.9 Å². The number of fused-ring (bicyclic) bond motifs is 1. The van der Waals surface area contributed by atoms with Crippen LogP contribution in [0.3, 0.4) is 0 Å². The van der Waals surface area contributed by atoms with Crippen LogP contribution in [-0.4, -0.2) is 23.5 Å². The van der Waals surface area contributed by atoms with Crippen molar-refractivity contribution in [3.05, 3.63) is 62.4 Å². The van der Waals surface area contributed by atoms with Gasteiger partial charge in [0, 0.05) is 24.4 Å². The average Bonchev–Trinajstić information content (AvgIpc) is 2.99. The molecule has 8 heteroatoms. The van der Waals surface area contributed by atoms with E-state index in [-0.39, 0.29) is 11.6 Å². The maximum Gasteiger partial charge on any atom is 0.269 e. The summed E-state index contributed by atoms with van der Waals surface area (Å²) in [6, 6.07) is 8.42. The molecule has 130 valence electrons. The number of amides is 1. The van der Waals surface area contributed by atoms with Crippen LogP contribution in [0.4, 0.5) is 15.8 Å². The molecule has 0 aromatic heterocycles. The van der Waals surface area contributed by atoms with Crippen molar-refractivity contribution >= 4 is 33.2 Å². The fourth-order valence-electron chi connectivity index (χ4n) is 2.76. The van der Waals surface area contributed by atoms with E-state index in [1.54, 1.807) is 17.9 Å². The summed E-state index contributed by atoms with van der Waals surface area (Å²) in [6.45, 7) is 2.05. The third kappa shape index (κ3) is 3.48. The van der Waals surface area contributed by atoms with E-state index >= 15 is 0 Å². The van der Waals surface area contributed by atoms with Gasteiger partial charge in [-0.3, -0.25) is 14.9 Å². The SMILES string of the molecule is CC(Oc1ccc(F)cc1Br)C(=O)N1CCc2cc([N+](=O)[O-])ccc21. The molecule has 1 aliphatic rings. The Morgan fingerprint density at radius 3 is 2.80 bits per heavy atom. The van der Waals surface area contributed by atoms with Crippen molar-refractivity contribution < 1.29 is 18.8 Å². The molecule has 0 spiro atoms. The predicted molar refractivity (Wildman–Crippen MR) is 93.3 cm³/mol. The Hall–Kier alpha value is -2.48. The Kier molecular flexibility index (Phi) is 4.71. The maximum absolute atomic E-state index is 13.1. The van der Waals surface area contributed by atoms with Gasteiger partial charge in [0.05, 0.1) is 9.40 Å². The number of hydrogen-bond acceptors (Lipinski definition) is 4. The van der Waals surface area contributed by atoms with Gasteiger partial charge >= 0.3 is 0 Å². The average molecular weight is 409 g/mol. The van der Waals surface area contributed by atoms with Gasteiger partial charge in [-0.2, -0.15) is 0 Å². The number of rotatable bonds is 4. The first kappa shape index (κ1) is 17.3. The molecule has 2 aromatic rings. The molecule has 0 saturated heterocycles. The van der Waals surface area contributed by atoms with E-state index in [0.717, 1.165) is 5.56 Å². The third-order valence-corrected chi connectivity index (χ3v) is 4.60. The number of hydrogen-bond donors (Lipinski definition) is 0. The Labute approximate surface area is 151 Å². The van der Waals surface area contributed by atoms with E-state index in [2.05, 4.69) is 15.9 Å². The molecule has 0 N–H and O–H groups in total. The highest BCUT2D eigenvalue weighted by atomic mass is 79.9. The summed E-state index contributed by atoms with van der Waals surface area (Å²) in [5.41, 5.74) is 1.43. The number of benzene rings is 2. The van der Waals surface area contributed by atoms with Crippen LogP contribution in [0, 0.1) is 15.9 Å². The molecule has 1 aliphatic heterocycles. The van der Waals surface area contributed by atoms with Gasteiger partial charge < -0.3 is 9.64 Å². The van der Waals surface area contributed by atoms with Gasteiger partial charge in [-0.15, -0.1) is 0 Å². The smallest absolute Gasteiger partial charge is 0.269 e. The quantitative estimate of drug-likeness (QED) is 0.568. The summed E-state index contributed by atoms with van der Waals surface area (Å²) in [7, 11) is 0. The van der Waals surface area contributed by atoms with Crippen molar-refractivity contribution in [2.45, 2.75) is 19.4 Å². The molecule has 1 amide bonds. The third-order valence-electron chi connectivity index (χ3n) is 3.98. The highest BCUT2D eigenvalue weighted by molar-refractivity contribution is 9.10. The van der Waals surface area contributed by atoms with E-state index in [9.17, 15) is 19.3 Å². The van der Waals surface area contributed by atoms with Crippen molar-refractivity contribution in [3.63, 3.8) is 0 Å². The first-order valence-electron chi connectivity index (χ1n) is 7.57. The van der Waals surface area contributed by atoms with Crippen LogP contribution < -0.4 is 9.64 Å². The largest absolute Gasteiger partial charge is 0.480 e. The lowest BCUT2D eigenvalue weighted by molar-refractivity contribution is -0.384. The minimum absolute atomic E-state index is 0.00703. The number of nitro benzene ring substituents is 1. The highest BCUT2D eigenvalue weighted by Gasteiger charge is 2.30. The van der Waals surface area contributed by atoms with Crippen LogP contribution in [0.15, 0.2) is 40.9 Å². The van der Waals surface area contributed by atoms with Gasteiger partial charge in [0.15, 0.2) is 6.10 Å². The van der Waals surface area contributed by atoms with Crippen molar-refractivity contribution in [2.24, 2.45) is 0 Å². The molecule has 3 rings (SSSR count).